The van der Waals surface area contributed by atoms with Crippen molar-refractivity contribution in [2.45, 2.75) is 90.1 Å². The molecule has 0 aromatic rings. The molecule has 1 heteroatoms. The minimum Gasteiger partial charge on any atom is -0.378 e. The van der Waals surface area contributed by atoms with Crippen LogP contribution in [0.25, 0.3) is 0 Å². The number of rotatable bonds is 9. The molecule has 1 nitrogen and oxygen atoms in total. The molecule has 0 aromatic heterocycles. The van der Waals surface area contributed by atoms with Crippen LogP contribution in [0.5, 0.6) is 0 Å². The first-order valence-electron chi connectivity index (χ1n) is 10.2. The normalized spacial score (nSPS) is 32.2. The summed E-state index contributed by atoms with van der Waals surface area (Å²) in [4.78, 5) is 0. The standard InChI is InChI=1S/C22H38O/c1-3-5-7-19-8-10-20(11-9-19)12-13-21-14-16-22(17-15-21)23-18-6-4-2/h4-5,7,19-22H,2-3,6,8-18H2,1H3/b7-5+/t19-,20-,21-,22-. The molecular weight excluding hydrogens is 280 g/mol. The van der Waals surface area contributed by atoms with E-state index >= 15 is 0 Å². The third-order valence-corrected chi connectivity index (χ3v) is 5.99. The van der Waals surface area contributed by atoms with Gasteiger partial charge in [-0.15, -0.1) is 6.58 Å². The third kappa shape index (κ3) is 7.25. The van der Waals surface area contributed by atoms with Crippen molar-refractivity contribution < 1.29 is 4.74 Å². The Morgan fingerprint density at radius 3 is 2.09 bits per heavy atom. The molecule has 0 aliphatic heterocycles. The molecule has 0 unspecified atom stereocenters. The lowest BCUT2D eigenvalue weighted by Gasteiger charge is -2.31. The zero-order chi connectivity index (χ0) is 16.3. The van der Waals surface area contributed by atoms with Crippen LogP contribution < -0.4 is 0 Å². The average molecular weight is 319 g/mol. The van der Waals surface area contributed by atoms with Gasteiger partial charge in [0.05, 0.1) is 12.7 Å². The highest BCUT2D eigenvalue weighted by atomic mass is 16.5. The van der Waals surface area contributed by atoms with Crippen LogP contribution in [0.3, 0.4) is 0 Å². The quantitative estimate of drug-likeness (QED) is 0.340. The van der Waals surface area contributed by atoms with Gasteiger partial charge in [0.2, 0.25) is 0 Å². The maximum absolute atomic E-state index is 5.93. The molecule has 0 amide bonds. The zero-order valence-electron chi connectivity index (χ0n) is 15.3. The molecule has 2 rings (SSSR count). The summed E-state index contributed by atoms with van der Waals surface area (Å²) in [7, 11) is 0. The summed E-state index contributed by atoms with van der Waals surface area (Å²) in [6.07, 6.45) is 23.7. The summed E-state index contributed by atoms with van der Waals surface area (Å²) in [5, 5.41) is 0. The Morgan fingerprint density at radius 2 is 1.52 bits per heavy atom. The van der Waals surface area contributed by atoms with Crippen LogP contribution in [0, 0.1) is 17.8 Å². The first kappa shape index (κ1) is 18.8. The second-order valence-corrected chi connectivity index (χ2v) is 7.79. The van der Waals surface area contributed by atoms with Gasteiger partial charge in [0, 0.05) is 0 Å². The Morgan fingerprint density at radius 1 is 0.913 bits per heavy atom. The van der Waals surface area contributed by atoms with Crippen molar-refractivity contribution >= 4 is 0 Å². The van der Waals surface area contributed by atoms with Gasteiger partial charge in [0.15, 0.2) is 0 Å². The lowest BCUT2D eigenvalue weighted by Crippen LogP contribution is -2.23. The average Bonchev–Trinajstić information content (AvgIpc) is 2.60. The highest BCUT2D eigenvalue weighted by Gasteiger charge is 2.24. The lowest BCUT2D eigenvalue weighted by molar-refractivity contribution is 0.0189. The largest absolute Gasteiger partial charge is 0.378 e. The van der Waals surface area contributed by atoms with Crippen molar-refractivity contribution in [2.75, 3.05) is 6.61 Å². The fourth-order valence-electron chi connectivity index (χ4n) is 4.37. The summed E-state index contributed by atoms with van der Waals surface area (Å²) >= 11 is 0. The lowest BCUT2D eigenvalue weighted by atomic mass is 9.77. The molecule has 132 valence electrons. The van der Waals surface area contributed by atoms with Gasteiger partial charge in [-0.05, 0) is 82.0 Å². The second-order valence-electron chi connectivity index (χ2n) is 7.79. The predicted octanol–water partition coefficient (Wildman–Crippen LogP) is 6.69. The summed E-state index contributed by atoms with van der Waals surface area (Å²) in [5.74, 6) is 2.88. The maximum atomic E-state index is 5.93. The summed E-state index contributed by atoms with van der Waals surface area (Å²) in [6.45, 7) is 6.87. The molecule has 2 aliphatic rings. The van der Waals surface area contributed by atoms with E-state index < -0.39 is 0 Å². The summed E-state index contributed by atoms with van der Waals surface area (Å²) < 4.78 is 5.93. The molecule has 0 radical (unpaired) electrons. The molecular formula is C22H38O. The predicted molar refractivity (Wildman–Crippen MR) is 101 cm³/mol. The van der Waals surface area contributed by atoms with Gasteiger partial charge in [-0.1, -0.05) is 38.0 Å². The van der Waals surface area contributed by atoms with E-state index in [2.05, 4.69) is 25.7 Å². The molecule has 0 aromatic carbocycles. The fourth-order valence-corrected chi connectivity index (χ4v) is 4.37. The van der Waals surface area contributed by atoms with Gasteiger partial charge >= 0.3 is 0 Å². The van der Waals surface area contributed by atoms with Crippen molar-refractivity contribution in [1.29, 1.82) is 0 Å². The second kappa shape index (κ2) is 11.1. The van der Waals surface area contributed by atoms with Crippen molar-refractivity contribution in [2.24, 2.45) is 17.8 Å². The molecule has 2 aliphatic carbocycles. The Bertz CT molecular complexity index is 330. The van der Waals surface area contributed by atoms with E-state index in [1.54, 1.807) is 0 Å². The topological polar surface area (TPSA) is 9.23 Å². The Balaban J connectivity index is 1.54. The molecule has 0 heterocycles. The number of ether oxygens (including phenoxy) is 1. The van der Waals surface area contributed by atoms with Crippen molar-refractivity contribution in [3.8, 4) is 0 Å². The first-order valence-corrected chi connectivity index (χ1v) is 10.2. The third-order valence-electron chi connectivity index (χ3n) is 5.99. The monoisotopic (exact) mass is 318 g/mol. The van der Waals surface area contributed by atoms with E-state index in [9.17, 15) is 0 Å². The van der Waals surface area contributed by atoms with E-state index in [1.807, 2.05) is 6.08 Å². The van der Waals surface area contributed by atoms with Gasteiger partial charge in [-0.3, -0.25) is 0 Å². The van der Waals surface area contributed by atoms with Crippen LogP contribution in [0.15, 0.2) is 24.8 Å². The van der Waals surface area contributed by atoms with E-state index in [-0.39, 0.29) is 0 Å². The van der Waals surface area contributed by atoms with Crippen molar-refractivity contribution in [3.05, 3.63) is 24.8 Å². The van der Waals surface area contributed by atoms with Crippen LogP contribution in [0.1, 0.15) is 84.0 Å². The Labute approximate surface area is 144 Å². The smallest absolute Gasteiger partial charge is 0.0575 e. The van der Waals surface area contributed by atoms with Gasteiger partial charge in [0.1, 0.15) is 0 Å². The molecule has 23 heavy (non-hydrogen) atoms. The van der Waals surface area contributed by atoms with E-state index in [1.165, 1.54) is 70.6 Å². The molecule has 2 saturated carbocycles. The SMILES string of the molecule is C=CCCO[C@H]1CC[C@H](CC[C@H]2CC[C@H](/C=C/CC)CC2)CC1. The highest BCUT2D eigenvalue weighted by Crippen LogP contribution is 2.36. The van der Waals surface area contributed by atoms with Crippen molar-refractivity contribution in [3.63, 3.8) is 0 Å². The molecule has 0 N–H and O–H groups in total. The van der Waals surface area contributed by atoms with E-state index in [0.717, 1.165) is 30.8 Å². The highest BCUT2D eigenvalue weighted by molar-refractivity contribution is 4.90. The van der Waals surface area contributed by atoms with Crippen LogP contribution in [-0.2, 0) is 4.74 Å². The van der Waals surface area contributed by atoms with Crippen molar-refractivity contribution in [1.82, 2.24) is 0 Å². The van der Waals surface area contributed by atoms with Crippen LogP contribution in [0.4, 0.5) is 0 Å². The fraction of sp³-hybridized carbons (Fsp3) is 0.818. The van der Waals surface area contributed by atoms with E-state index in [0.29, 0.717) is 6.10 Å². The van der Waals surface area contributed by atoms with Gasteiger partial charge in [0.25, 0.3) is 0 Å². The zero-order valence-corrected chi connectivity index (χ0v) is 15.3. The minimum atomic E-state index is 0.534. The summed E-state index contributed by atoms with van der Waals surface area (Å²) in [5.41, 5.74) is 0. The molecule has 0 atom stereocenters. The number of hydrogen-bond acceptors (Lipinski definition) is 1. The summed E-state index contributed by atoms with van der Waals surface area (Å²) in [6, 6.07) is 0. The first-order chi connectivity index (χ1) is 11.3. The molecule has 0 spiro atoms. The number of allylic oxidation sites excluding steroid dienone is 2. The maximum Gasteiger partial charge on any atom is 0.0575 e. The van der Waals surface area contributed by atoms with Crippen LogP contribution in [-0.4, -0.2) is 12.7 Å². The minimum absolute atomic E-state index is 0.534. The Kier molecular flexibility index (Phi) is 9.04. The number of hydrogen-bond donors (Lipinski definition) is 0. The Hall–Kier alpha value is -0.560. The van der Waals surface area contributed by atoms with Gasteiger partial charge in [-0.2, -0.15) is 0 Å². The van der Waals surface area contributed by atoms with Crippen LogP contribution in [0.2, 0.25) is 0 Å². The molecule has 2 fully saturated rings. The molecule has 0 bridgehead atoms. The van der Waals surface area contributed by atoms with Gasteiger partial charge < -0.3 is 4.74 Å². The molecule has 0 saturated heterocycles. The van der Waals surface area contributed by atoms with Gasteiger partial charge in [-0.25, -0.2) is 0 Å². The van der Waals surface area contributed by atoms with E-state index in [4.69, 9.17) is 4.74 Å². The van der Waals surface area contributed by atoms with Crippen LogP contribution >= 0.6 is 0 Å².